The molecule has 4 nitrogen and oxygen atoms in total. The molecule has 0 spiro atoms. The van der Waals surface area contributed by atoms with Crippen molar-refractivity contribution in [2.45, 2.75) is 13.3 Å². The van der Waals surface area contributed by atoms with Gasteiger partial charge in [0.15, 0.2) is 0 Å². The van der Waals surface area contributed by atoms with Crippen molar-refractivity contribution in [3.8, 4) is 5.75 Å². The molecule has 0 radical (unpaired) electrons. The first-order chi connectivity index (χ1) is 10.1. The summed E-state index contributed by atoms with van der Waals surface area (Å²) < 4.78 is 0.839. The van der Waals surface area contributed by atoms with Gasteiger partial charge < -0.3 is 5.11 Å². The standard InChI is InChI=1S/C16H15BrN2O2/c1-2-14(13-10-12(17)8-9-15(13)20)18-19-16(21)11-6-4-3-5-7-11/h3-10,20H,2H2,1H3,(H,19,21)/b18-14+. The fraction of sp³-hybridized carbons (Fsp3) is 0.125. The van der Waals surface area contributed by atoms with Gasteiger partial charge in [-0.05, 0) is 36.8 Å². The summed E-state index contributed by atoms with van der Waals surface area (Å²) in [6.45, 7) is 1.91. The monoisotopic (exact) mass is 346 g/mol. The molecular weight excluding hydrogens is 332 g/mol. The van der Waals surface area contributed by atoms with Crippen molar-refractivity contribution in [2.75, 3.05) is 0 Å². The third-order valence-corrected chi connectivity index (χ3v) is 3.43. The molecule has 0 bridgehead atoms. The molecule has 2 aromatic carbocycles. The molecule has 108 valence electrons. The minimum absolute atomic E-state index is 0.132. The molecule has 0 atom stereocenters. The summed E-state index contributed by atoms with van der Waals surface area (Å²) in [5, 5.41) is 14.0. The minimum atomic E-state index is -0.281. The number of hydrazone groups is 1. The third-order valence-electron chi connectivity index (χ3n) is 2.93. The maximum atomic E-state index is 12.0. The van der Waals surface area contributed by atoms with Crippen molar-refractivity contribution in [2.24, 2.45) is 5.10 Å². The molecular formula is C16H15BrN2O2. The van der Waals surface area contributed by atoms with Gasteiger partial charge in [-0.3, -0.25) is 4.79 Å². The molecule has 2 rings (SSSR count). The van der Waals surface area contributed by atoms with Gasteiger partial charge in [-0.25, -0.2) is 5.43 Å². The van der Waals surface area contributed by atoms with Crippen LogP contribution in [0.4, 0.5) is 0 Å². The maximum absolute atomic E-state index is 12.0. The number of carbonyl (C=O) groups excluding carboxylic acids is 1. The first-order valence-corrected chi connectivity index (χ1v) is 7.32. The van der Waals surface area contributed by atoms with Crippen LogP contribution in [0.1, 0.15) is 29.3 Å². The van der Waals surface area contributed by atoms with E-state index in [1.807, 2.05) is 13.0 Å². The summed E-state index contributed by atoms with van der Waals surface area (Å²) in [5.41, 5.74) is 4.26. The average Bonchev–Trinajstić information content (AvgIpc) is 2.51. The van der Waals surface area contributed by atoms with E-state index in [0.29, 0.717) is 23.3 Å². The molecule has 21 heavy (non-hydrogen) atoms. The van der Waals surface area contributed by atoms with Crippen LogP contribution in [0.5, 0.6) is 5.75 Å². The van der Waals surface area contributed by atoms with Gasteiger partial charge >= 0.3 is 0 Å². The SMILES string of the molecule is CC/C(=N\NC(=O)c1ccccc1)c1cc(Br)ccc1O. The van der Waals surface area contributed by atoms with Crippen molar-refractivity contribution < 1.29 is 9.90 Å². The number of rotatable bonds is 4. The zero-order valence-electron chi connectivity index (χ0n) is 11.5. The Balaban J connectivity index is 2.21. The smallest absolute Gasteiger partial charge is 0.271 e. The van der Waals surface area contributed by atoms with Gasteiger partial charge in [0.25, 0.3) is 5.91 Å². The van der Waals surface area contributed by atoms with Gasteiger partial charge in [0.05, 0.1) is 5.71 Å². The predicted molar refractivity (Wildman–Crippen MR) is 86.5 cm³/mol. The zero-order chi connectivity index (χ0) is 15.2. The van der Waals surface area contributed by atoms with E-state index in [9.17, 15) is 9.90 Å². The number of benzene rings is 2. The molecule has 0 saturated carbocycles. The van der Waals surface area contributed by atoms with Crippen molar-refractivity contribution in [1.29, 1.82) is 0 Å². The van der Waals surface area contributed by atoms with Crippen LogP contribution >= 0.6 is 15.9 Å². The fourth-order valence-electron chi connectivity index (χ4n) is 1.84. The predicted octanol–water partition coefficient (Wildman–Crippen LogP) is 3.70. The second-order valence-electron chi connectivity index (χ2n) is 4.38. The highest BCUT2D eigenvalue weighted by molar-refractivity contribution is 9.10. The summed E-state index contributed by atoms with van der Waals surface area (Å²) in [7, 11) is 0. The Labute approximate surface area is 131 Å². The molecule has 0 unspecified atom stereocenters. The summed E-state index contributed by atoms with van der Waals surface area (Å²) >= 11 is 3.36. The largest absolute Gasteiger partial charge is 0.507 e. The van der Waals surface area contributed by atoms with Crippen molar-refractivity contribution in [3.05, 3.63) is 64.1 Å². The normalized spacial score (nSPS) is 11.2. The van der Waals surface area contributed by atoms with E-state index in [0.717, 1.165) is 4.47 Å². The molecule has 5 heteroatoms. The Hall–Kier alpha value is -2.14. The van der Waals surface area contributed by atoms with E-state index < -0.39 is 0 Å². The second-order valence-corrected chi connectivity index (χ2v) is 5.30. The van der Waals surface area contributed by atoms with Gasteiger partial charge in [0.2, 0.25) is 0 Å². The van der Waals surface area contributed by atoms with E-state index in [1.165, 1.54) is 0 Å². The lowest BCUT2D eigenvalue weighted by atomic mass is 10.1. The number of nitrogens with one attached hydrogen (secondary N) is 1. The van der Waals surface area contributed by atoms with E-state index >= 15 is 0 Å². The van der Waals surface area contributed by atoms with Gasteiger partial charge in [-0.1, -0.05) is 41.1 Å². The number of hydrogen-bond donors (Lipinski definition) is 2. The Morgan fingerprint density at radius 3 is 2.62 bits per heavy atom. The van der Waals surface area contributed by atoms with Crippen molar-refractivity contribution in [1.82, 2.24) is 5.43 Å². The van der Waals surface area contributed by atoms with Crippen LogP contribution < -0.4 is 5.43 Å². The maximum Gasteiger partial charge on any atom is 0.271 e. The topological polar surface area (TPSA) is 61.7 Å². The summed E-state index contributed by atoms with van der Waals surface area (Å²) in [5.74, 6) is -0.149. The quantitative estimate of drug-likeness (QED) is 0.654. The first-order valence-electron chi connectivity index (χ1n) is 6.52. The molecule has 2 aromatic rings. The summed E-state index contributed by atoms with van der Waals surface area (Å²) in [6, 6.07) is 14.0. The molecule has 0 fully saturated rings. The molecule has 2 N–H and O–H groups in total. The van der Waals surface area contributed by atoms with Crippen LogP contribution in [0, 0.1) is 0 Å². The van der Waals surface area contributed by atoms with E-state index in [2.05, 4.69) is 26.5 Å². The fourth-order valence-corrected chi connectivity index (χ4v) is 2.20. The van der Waals surface area contributed by atoms with E-state index in [-0.39, 0.29) is 11.7 Å². The number of phenolic OH excluding ortho intramolecular Hbond substituents is 1. The van der Waals surface area contributed by atoms with Crippen molar-refractivity contribution in [3.63, 3.8) is 0 Å². The lowest BCUT2D eigenvalue weighted by Crippen LogP contribution is -2.19. The number of carbonyl (C=O) groups is 1. The Bertz CT molecular complexity index is 669. The summed E-state index contributed by atoms with van der Waals surface area (Å²) in [4.78, 5) is 12.0. The van der Waals surface area contributed by atoms with Gasteiger partial charge in [-0.2, -0.15) is 5.10 Å². The number of amides is 1. The Morgan fingerprint density at radius 2 is 1.95 bits per heavy atom. The average molecular weight is 347 g/mol. The third kappa shape index (κ3) is 3.92. The Morgan fingerprint density at radius 1 is 1.24 bits per heavy atom. The molecule has 0 aliphatic rings. The second kappa shape index (κ2) is 7.04. The molecule has 1 amide bonds. The molecule has 0 aromatic heterocycles. The highest BCUT2D eigenvalue weighted by Crippen LogP contribution is 2.23. The highest BCUT2D eigenvalue weighted by atomic mass is 79.9. The number of hydrogen-bond acceptors (Lipinski definition) is 3. The Kier molecular flexibility index (Phi) is 5.11. The van der Waals surface area contributed by atoms with Crippen LogP contribution in [0.2, 0.25) is 0 Å². The zero-order valence-corrected chi connectivity index (χ0v) is 13.1. The highest BCUT2D eigenvalue weighted by Gasteiger charge is 2.09. The van der Waals surface area contributed by atoms with Gasteiger partial charge in [-0.15, -0.1) is 0 Å². The van der Waals surface area contributed by atoms with Gasteiger partial charge in [0.1, 0.15) is 5.75 Å². The molecule has 0 aliphatic heterocycles. The molecule has 0 saturated heterocycles. The lowest BCUT2D eigenvalue weighted by molar-refractivity contribution is 0.0955. The first kappa shape index (κ1) is 15.3. The van der Waals surface area contributed by atoms with Crippen LogP contribution in [0.3, 0.4) is 0 Å². The van der Waals surface area contributed by atoms with Crippen molar-refractivity contribution >= 4 is 27.5 Å². The van der Waals surface area contributed by atoms with Gasteiger partial charge in [0, 0.05) is 15.6 Å². The van der Waals surface area contributed by atoms with Crippen LogP contribution in [0.25, 0.3) is 0 Å². The molecule has 0 heterocycles. The number of halogens is 1. The molecule has 0 aliphatic carbocycles. The van der Waals surface area contributed by atoms with E-state index in [1.54, 1.807) is 42.5 Å². The minimum Gasteiger partial charge on any atom is -0.507 e. The van der Waals surface area contributed by atoms with E-state index in [4.69, 9.17) is 0 Å². The number of phenols is 1. The lowest BCUT2D eigenvalue weighted by Gasteiger charge is -2.08. The van der Waals surface area contributed by atoms with Crippen LogP contribution in [-0.4, -0.2) is 16.7 Å². The van der Waals surface area contributed by atoms with Crippen LogP contribution in [0.15, 0.2) is 58.1 Å². The van der Waals surface area contributed by atoms with Crippen LogP contribution in [-0.2, 0) is 0 Å². The summed E-state index contributed by atoms with van der Waals surface area (Å²) in [6.07, 6.45) is 0.582. The number of nitrogens with zero attached hydrogens (tertiary/aromatic N) is 1. The number of aromatic hydroxyl groups is 1.